The van der Waals surface area contributed by atoms with Crippen molar-refractivity contribution in [3.8, 4) is 0 Å². The third-order valence-corrected chi connectivity index (χ3v) is 4.14. The highest BCUT2D eigenvalue weighted by atomic mass is 32.1. The minimum Gasteiger partial charge on any atom is -0.309 e. The third-order valence-electron chi connectivity index (χ3n) is 3.24. The first kappa shape index (κ1) is 12.7. The maximum absolute atomic E-state index is 3.74. The first-order valence-corrected chi connectivity index (χ1v) is 6.77. The van der Waals surface area contributed by atoms with Gasteiger partial charge in [-0.2, -0.15) is 0 Å². The number of hydrogen-bond donors (Lipinski definition) is 1. The maximum atomic E-state index is 3.74. The average Bonchev–Trinajstić information content (AvgIpc) is 2.70. The molecule has 1 heterocycles. The summed E-state index contributed by atoms with van der Waals surface area (Å²) in [5, 5.41) is 5.89. The fourth-order valence-corrected chi connectivity index (χ4v) is 2.67. The molecule has 0 saturated heterocycles. The number of hydrogen-bond acceptors (Lipinski definition) is 2. The molecule has 0 amide bonds. The van der Waals surface area contributed by atoms with Crippen molar-refractivity contribution in [2.45, 2.75) is 58.5 Å². The van der Waals surface area contributed by atoms with Gasteiger partial charge in [0, 0.05) is 16.5 Å². The van der Waals surface area contributed by atoms with Crippen LogP contribution in [0.4, 0.5) is 0 Å². The number of nitrogens with one attached hydrogen (secondary N) is 1. The van der Waals surface area contributed by atoms with Crippen molar-refractivity contribution in [1.82, 2.24) is 5.32 Å². The third kappa shape index (κ3) is 3.96. The fourth-order valence-electron chi connectivity index (χ4n) is 1.83. The van der Waals surface area contributed by atoms with Gasteiger partial charge in [-0.25, -0.2) is 0 Å². The Balaban J connectivity index is 2.44. The van der Waals surface area contributed by atoms with Crippen molar-refractivity contribution in [2.75, 3.05) is 0 Å². The monoisotopic (exact) mass is 225 g/mol. The van der Waals surface area contributed by atoms with Crippen LogP contribution in [0.1, 0.15) is 45.4 Å². The van der Waals surface area contributed by atoms with Gasteiger partial charge in [-0.1, -0.05) is 19.9 Å². The van der Waals surface area contributed by atoms with E-state index in [4.69, 9.17) is 0 Å². The Morgan fingerprint density at radius 1 is 1.40 bits per heavy atom. The number of thiophene rings is 1. The maximum Gasteiger partial charge on any atom is 0.0150 e. The summed E-state index contributed by atoms with van der Waals surface area (Å²) in [6.07, 6.45) is 3.53. The Hall–Kier alpha value is -0.340. The molecule has 0 aromatic carbocycles. The van der Waals surface area contributed by atoms with E-state index in [0.29, 0.717) is 11.6 Å². The molecule has 1 atom stereocenters. The molecule has 1 unspecified atom stereocenters. The lowest BCUT2D eigenvalue weighted by molar-refractivity contribution is 0.296. The zero-order chi connectivity index (χ0) is 11.3. The Morgan fingerprint density at radius 3 is 2.53 bits per heavy atom. The second-order valence-electron chi connectivity index (χ2n) is 4.60. The summed E-state index contributed by atoms with van der Waals surface area (Å²) in [6.45, 7) is 9.12. The fraction of sp³-hybridized carbons (Fsp3) is 0.692. The molecule has 0 aliphatic heterocycles. The van der Waals surface area contributed by atoms with E-state index in [2.05, 4.69) is 50.5 Å². The van der Waals surface area contributed by atoms with Crippen molar-refractivity contribution in [3.63, 3.8) is 0 Å². The largest absolute Gasteiger partial charge is 0.309 e. The zero-order valence-electron chi connectivity index (χ0n) is 10.3. The molecular weight excluding hydrogens is 202 g/mol. The molecule has 2 heteroatoms. The predicted octanol–water partition coefficient (Wildman–Crippen LogP) is 3.85. The van der Waals surface area contributed by atoms with Crippen LogP contribution in [0.5, 0.6) is 0 Å². The average molecular weight is 225 g/mol. The molecule has 15 heavy (non-hydrogen) atoms. The van der Waals surface area contributed by atoms with E-state index in [1.807, 2.05) is 11.3 Å². The van der Waals surface area contributed by atoms with Crippen LogP contribution in [0.25, 0.3) is 0 Å². The highest BCUT2D eigenvalue weighted by molar-refractivity contribution is 7.09. The molecule has 0 spiro atoms. The van der Waals surface area contributed by atoms with Crippen molar-refractivity contribution < 1.29 is 0 Å². The highest BCUT2D eigenvalue weighted by Crippen LogP contribution is 2.17. The minimum absolute atomic E-state index is 0.302. The second-order valence-corrected chi connectivity index (χ2v) is 5.63. The first-order chi connectivity index (χ1) is 7.09. The molecule has 1 nitrogen and oxygen atoms in total. The molecule has 1 rings (SSSR count). The van der Waals surface area contributed by atoms with Crippen LogP contribution in [0.2, 0.25) is 0 Å². The van der Waals surface area contributed by atoms with Crippen LogP contribution < -0.4 is 5.32 Å². The van der Waals surface area contributed by atoms with Crippen molar-refractivity contribution in [3.05, 3.63) is 22.4 Å². The van der Waals surface area contributed by atoms with Crippen LogP contribution in [0.15, 0.2) is 17.5 Å². The van der Waals surface area contributed by atoms with Crippen LogP contribution in [-0.2, 0) is 6.42 Å². The van der Waals surface area contributed by atoms with Gasteiger partial charge in [0.2, 0.25) is 0 Å². The van der Waals surface area contributed by atoms with Gasteiger partial charge in [0.1, 0.15) is 0 Å². The predicted molar refractivity (Wildman–Crippen MR) is 69.6 cm³/mol. The van der Waals surface area contributed by atoms with Crippen molar-refractivity contribution >= 4 is 11.3 Å². The molecule has 1 N–H and O–H groups in total. The summed E-state index contributed by atoms with van der Waals surface area (Å²) >= 11 is 1.85. The van der Waals surface area contributed by atoms with E-state index in [9.17, 15) is 0 Å². The van der Waals surface area contributed by atoms with Crippen LogP contribution in [0.3, 0.4) is 0 Å². The zero-order valence-corrected chi connectivity index (χ0v) is 11.2. The van der Waals surface area contributed by atoms with E-state index in [-0.39, 0.29) is 0 Å². The van der Waals surface area contributed by atoms with Crippen molar-refractivity contribution in [2.24, 2.45) is 0 Å². The van der Waals surface area contributed by atoms with Gasteiger partial charge in [-0.05, 0) is 44.6 Å². The minimum atomic E-state index is 0.302. The molecule has 0 radical (unpaired) electrons. The van der Waals surface area contributed by atoms with Crippen LogP contribution in [0, 0.1) is 0 Å². The lowest BCUT2D eigenvalue weighted by atomic mass is 9.94. The molecule has 1 aromatic heterocycles. The Labute approximate surface area is 97.9 Å². The van der Waals surface area contributed by atoms with E-state index >= 15 is 0 Å². The molecule has 0 bridgehead atoms. The van der Waals surface area contributed by atoms with Crippen LogP contribution in [-0.4, -0.2) is 11.6 Å². The normalized spacial score (nSPS) is 14.1. The molecule has 0 saturated carbocycles. The topological polar surface area (TPSA) is 12.0 Å². The molecule has 1 aromatic rings. The van der Waals surface area contributed by atoms with Gasteiger partial charge in [-0.3, -0.25) is 0 Å². The van der Waals surface area contributed by atoms with Gasteiger partial charge < -0.3 is 5.32 Å². The van der Waals surface area contributed by atoms with E-state index in [0.717, 1.165) is 6.42 Å². The lowest BCUT2D eigenvalue weighted by Crippen LogP contribution is -2.46. The van der Waals surface area contributed by atoms with Gasteiger partial charge in [-0.15, -0.1) is 11.3 Å². The van der Waals surface area contributed by atoms with Gasteiger partial charge in [0.25, 0.3) is 0 Å². The highest BCUT2D eigenvalue weighted by Gasteiger charge is 2.21. The quantitative estimate of drug-likeness (QED) is 0.775. The van der Waals surface area contributed by atoms with Crippen molar-refractivity contribution in [1.29, 1.82) is 0 Å². The van der Waals surface area contributed by atoms with Gasteiger partial charge in [0.05, 0.1) is 0 Å². The van der Waals surface area contributed by atoms with E-state index in [1.165, 1.54) is 17.7 Å². The Kier molecular flexibility index (Phi) is 4.81. The summed E-state index contributed by atoms with van der Waals surface area (Å²) in [7, 11) is 0. The lowest BCUT2D eigenvalue weighted by Gasteiger charge is -2.32. The summed E-state index contributed by atoms with van der Waals surface area (Å²) in [4.78, 5) is 1.48. The summed E-state index contributed by atoms with van der Waals surface area (Å²) < 4.78 is 0. The van der Waals surface area contributed by atoms with E-state index in [1.54, 1.807) is 0 Å². The smallest absolute Gasteiger partial charge is 0.0150 e. The molecular formula is C13H23NS. The SMILES string of the molecule is CCC(C)(CC)NC(C)Cc1cccs1. The summed E-state index contributed by atoms with van der Waals surface area (Å²) in [6, 6.07) is 4.91. The Morgan fingerprint density at radius 2 is 2.07 bits per heavy atom. The van der Waals surface area contributed by atoms with Crippen LogP contribution >= 0.6 is 11.3 Å². The second kappa shape index (κ2) is 5.66. The molecule has 0 fully saturated rings. The summed E-state index contributed by atoms with van der Waals surface area (Å²) in [5.74, 6) is 0. The molecule has 86 valence electrons. The molecule has 0 aliphatic rings. The van der Waals surface area contributed by atoms with E-state index < -0.39 is 0 Å². The first-order valence-electron chi connectivity index (χ1n) is 5.89. The Bertz CT molecular complexity index is 262. The molecule has 0 aliphatic carbocycles. The number of rotatable bonds is 6. The van der Waals surface area contributed by atoms with Gasteiger partial charge >= 0.3 is 0 Å². The standard InChI is InChI=1S/C13H23NS/c1-5-13(4,6-2)14-11(3)10-12-8-7-9-15-12/h7-9,11,14H,5-6,10H2,1-4H3. The van der Waals surface area contributed by atoms with Gasteiger partial charge in [0.15, 0.2) is 0 Å². The summed E-state index contributed by atoms with van der Waals surface area (Å²) in [5.41, 5.74) is 0.302.